The quantitative estimate of drug-likeness (QED) is 0.607. The van der Waals surface area contributed by atoms with Gasteiger partial charge in [0.05, 0.1) is 24.1 Å². The fourth-order valence-corrected chi connectivity index (χ4v) is 8.81. The van der Waals surface area contributed by atoms with Crippen molar-refractivity contribution in [3.63, 3.8) is 0 Å². The first kappa shape index (κ1) is 19.5. The zero-order valence-electron chi connectivity index (χ0n) is 17.7. The zero-order chi connectivity index (χ0) is 21.1. The van der Waals surface area contributed by atoms with Gasteiger partial charge >= 0.3 is 5.63 Å². The van der Waals surface area contributed by atoms with Crippen LogP contribution in [0.1, 0.15) is 70.3 Å². The molecule has 1 aliphatic heterocycles. The molecule has 0 unspecified atom stereocenters. The molecular formula is C24H32O6. The minimum absolute atomic E-state index is 0.122. The van der Waals surface area contributed by atoms with Crippen LogP contribution in [0.2, 0.25) is 0 Å². The summed E-state index contributed by atoms with van der Waals surface area (Å²) >= 11 is 0. The Hall–Kier alpha value is -1.21. The van der Waals surface area contributed by atoms with Gasteiger partial charge in [0.15, 0.2) is 0 Å². The van der Waals surface area contributed by atoms with Gasteiger partial charge in [-0.15, -0.1) is 0 Å². The van der Waals surface area contributed by atoms with Crippen LogP contribution in [0.3, 0.4) is 0 Å². The monoisotopic (exact) mass is 416 g/mol. The summed E-state index contributed by atoms with van der Waals surface area (Å²) in [6.07, 6.45) is 5.74. The van der Waals surface area contributed by atoms with Gasteiger partial charge < -0.3 is 24.5 Å². The van der Waals surface area contributed by atoms with E-state index >= 15 is 0 Å². The number of fused-ring (bicyclic) bond motifs is 3. The maximum atomic E-state index is 11.6. The number of hydrogen-bond donors (Lipinski definition) is 3. The first-order chi connectivity index (χ1) is 14.2. The summed E-state index contributed by atoms with van der Waals surface area (Å²) in [5.41, 5.74) is -1.17. The first-order valence-corrected chi connectivity index (χ1v) is 11.5. The molecule has 0 amide bonds. The van der Waals surface area contributed by atoms with E-state index in [4.69, 9.17) is 9.15 Å². The average Bonchev–Trinajstić information content (AvgIpc) is 3.41. The SMILES string of the molecule is C[C@]12CC[C@H](O)C[C@@]1(O)CC[C@@H]1[C@@H]2CC[C@]2(C)[C@@H](c3ccc(=O)oc3)[C@@H](O)[C@H]3O[C@]132. The van der Waals surface area contributed by atoms with E-state index in [1.807, 2.05) is 0 Å². The minimum Gasteiger partial charge on any atom is -0.431 e. The summed E-state index contributed by atoms with van der Waals surface area (Å²) < 4.78 is 11.6. The molecule has 0 radical (unpaired) electrons. The molecule has 1 aromatic heterocycles. The van der Waals surface area contributed by atoms with Crippen molar-refractivity contribution >= 4 is 0 Å². The van der Waals surface area contributed by atoms with Crippen LogP contribution < -0.4 is 5.63 Å². The molecule has 164 valence electrons. The van der Waals surface area contributed by atoms with Crippen LogP contribution in [0.25, 0.3) is 0 Å². The zero-order valence-corrected chi connectivity index (χ0v) is 17.7. The van der Waals surface area contributed by atoms with Gasteiger partial charge in [-0.25, -0.2) is 4.79 Å². The lowest BCUT2D eigenvalue weighted by Gasteiger charge is -2.63. The minimum atomic E-state index is -0.819. The summed E-state index contributed by atoms with van der Waals surface area (Å²) in [6.45, 7) is 4.46. The lowest BCUT2D eigenvalue weighted by atomic mass is 9.42. The molecule has 6 nitrogen and oxygen atoms in total. The van der Waals surface area contributed by atoms with Crippen LogP contribution >= 0.6 is 0 Å². The highest BCUT2D eigenvalue weighted by Gasteiger charge is 2.84. The number of epoxide rings is 1. The maximum absolute atomic E-state index is 11.6. The van der Waals surface area contributed by atoms with E-state index in [-0.39, 0.29) is 40.0 Å². The Morgan fingerprint density at radius 3 is 2.47 bits per heavy atom. The summed E-state index contributed by atoms with van der Waals surface area (Å²) in [7, 11) is 0. The predicted molar refractivity (Wildman–Crippen MR) is 108 cm³/mol. The van der Waals surface area contributed by atoms with Crippen molar-refractivity contribution in [3.8, 4) is 0 Å². The number of rotatable bonds is 1. The highest BCUT2D eigenvalue weighted by atomic mass is 16.6. The molecule has 0 bridgehead atoms. The highest BCUT2D eigenvalue weighted by Crippen LogP contribution is 2.78. The summed E-state index contributed by atoms with van der Waals surface area (Å²) in [5.74, 6) is 0.488. The van der Waals surface area contributed by atoms with Crippen molar-refractivity contribution < 1.29 is 24.5 Å². The van der Waals surface area contributed by atoms with Crippen LogP contribution in [-0.4, -0.2) is 44.8 Å². The predicted octanol–water partition coefficient (Wildman–Crippen LogP) is 2.34. The molecule has 4 aliphatic carbocycles. The molecule has 6 heteroatoms. The van der Waals surface area contributed by atoms with Gasteiger partial charge in [0.1, 0.15) is 11.7 Å². The Balaban J connectivity index is 1.40. The van der Waals surface area contributed by atoms with E-state index in [0.717, 1.165) is 37.7 Å². The lowest BCUT2D eigenvalue weighted by molar-refractivity contribution is -0.224. The molecule has 5 aliphatic rings. The Bertz CT molecular complexity index is 923. The molecule has 3 N–H and O–H groups in total. The van der Waals surface area contributed by atoms with Crippen LogP contribution in [0.15, 0.2) is 27.6 Å². The molecule has 10 atom stereocenters. The fraction of sp³-hybridized carbons (Fsp3) is 0.792. The summed E-state index contributed by atoms with van der Waals surface area (Å²) in [6, 6.07) is 3.22. The normalized spacial score (nSPS) is 56.4. The van der Waals surface area contributed by atoms with Gasteiger partial charge in [0.2, 0.25) is 0 Å². The molecule has 30 heavy (non-hydrogen) atoms. The van der Waals surface area contributed by atoms with E-state index in [9.17, 15) is 20.1 Å². The molecule has 4 saturated carbocycles. The molecule has 2 heterocycles. The lowest BCUT2D eigenvalue weighted by Crippen LogP contribution is -2.65. The van der Waals surface area contributed by atoms with E-state index in [1.165, 1.54) is 12.3 Å². The average molecular weight is 417 g/mol. The van der Waals surface area contributed by atoms with Crippen LogP contribution in [0, 0.1) is 22.7 Å². The third kappa shape index (κ3) is 2.07. The number of aliphatic hydroxyl groups excluding tert-OH is 2. The second-order valence-corrected chi connectivity index (χ2v) is 11.2. The van der Waals surface area contributed by atoms with E-state index < -0.39 is 17.8 Å². The Morgan fingerprint density at radius 2 is 1.73 bits per heavy atom. The van der Waals surface area contributed by atoms with E-state index in [0.29, 0.717) is 18.8 Å². The largest absolute Gasteiger partial charge is 0.431 e. The van der Waals surface area contributed by atoms with Crippen molar-refractivity contribution in [2.45, 2.75) is 94.2 Å². The van der Waals surface area contributed by atoms with E-state index in [1.54, 1.807) is 6.07 Å². The molecule has 1 spiro atoms. The van der Waals surface area contributed by atoms with Gasteiger partial charge in [-0.1, -0.05) is 13.8 Å². The van der Waals surface area contributed by atoms with Crippen molar-refractivity contribution in [1.82, 2.24) is 0 Å². The van der Waals surface area contributed by atoms with Crippen molar-refractivity contribution in [2.24, 2.45) is 22.7 Å². The molecule has 1 aromatic rings. The first-order valence-electron chi connectivity index (χ1n) is 11.5. The topological polar surface area (TPSA) is 103 Å². The fourth-order valence-electron chi connectivity index (χ4n) is 8.81. The van der Waals surface area contributed by atoms with Gasteiger partial charge in [-0.05, 0) is 67.4 Å². The molecule has 5 fully saturated rings. The second-order valence-electron chi connectivity index (χ2n) is 11.2. The molecular weight excluding hydrogens is 384 g/mol. The number of ether oxygens (including phenoxy) is 1. The maximum Gasteiger partial charge on any atom is 0.335 e. The van der Waals surface area contributed by atoms with Gasteiger partial charge in [-0.3, -0.25) is 0 Å². The molecule has 0 aromatic carbocycles. The molecule has 6 rings (SSSR count). The van der Waals surface area contributed by atoms with Gasteiger partial charge in [0, 0.05) is 23.8 Å². The van der Waals surface area contributed by atoms with Crippen molar-refractivity contribution in [2.75, 3.05) is 0 Å². The van der Waals surface area contributed by atoms with E-state index in [2.05, 4.69) is 13.8 Å². The van der Waals surface area contributed by atoms with Crippen LogP contribution in [-0.2, 0) is 4.74 Å². The van der Waals surface area contributed by atoms with Crippen molar-refractivity contribution in [3.05, 3.63) is 34.4 Å². The number of aliphatic hydroxyl groups is 3. The Morgan fingerprint density at radius 1 is 1.00 bits per heavy atom. The van der Waals surface area contributed by atoms with Gasteiger partial charge in [-0.2, -0.15) is 0 Å². The third-order valence-electron chi connectivity index (χ3n) is 10.3. The highest BCUT2D eigenvalue weighted by molar-refractivity contribution is 5.38. The third-order valence-corrected chi connectivity index (χ3v) is 10.3. The van der Waals surface area contributed by atoms with Crippen molar-refractivity contribution in [1.29, 1.82) is 0 Å². The second kappa shape index (κ2) is 5.77. The Kier molecular flexibility index (Phi) is 3.75. The summed E-state index contributed by atoms with van der Waals surface area (Å²) in [4.78, 5) is 11.5. The van der Waals surface area contributed by atoms with Gasteiger partial charge in [0.25, 0.3) is 0 Å². The van der Waals surface area contributed by atoms with Crippen LogP contribution in [0.4, 0.5) is 0 Å². The standard InChI is InChI=1S/C24H32O6/c1-21-8-5-14(25)11-23(21,28)10-7-16-15(21)6-9-22(2)18(13-3-4-17(26)29-12-13)19(27)20-24(16,22)30-20/h3-4,12,14-16,18-20,25,27-28H,5-11H2,1-2H3/t14-,15-,16+,18-,19+,20+,21+,22+,23-,24+/m0/s1. The smallest absolute Gasteiger partial charge is 0.335 e. The van der Waals surface area contributed by atoms with Crippen LogP contribution in [0.5, 0.6) is 0 Å². The molecule has 1 saturated heterocycles. The summed E-state index contributed by atoms with van der Waals surface area (Å²) in [5, 5.41) is 33.1. The number of hydrogen-bond acceptors (Lipinski definition) is 6. The Labute approximate surface area is 176 Å².